The van der Waals surface area contributed by atoms with Gasteiger partial charge in [-0.1, -0.05) is 12.1 Å². The van der Waals surface area contributed by atoms with Crippen LogP contribution in [0.2, 0.25) is 0 Å². The lowest BCUT2D eigenvalue weighted by Crippen LogP contribution is -2.45. The second-order valence-corrected chi connectivity index (χ2v) is 5.82. The van der Waals surface area contributed by atoms with E-state index in [4.69, 9.17) is 4.52 Å². The highest BCUT2D eigenvalue weighted by atomic mass is 16.5. The Morgan fingerprint density at radius 3 is 3.09 bits per heavy atom. The molecule has 0 saturated carbocycles. The third kappa shape index (κ3) is 3.35. The summed E-state index contributed by atoms with van der Waals surface area (Å²) in [6, 6.07) is -0.274. The van der Waals surface area contributed by atoms with Crippen LogP contribution in [0.1, 0.15) is 62.0 Å². The number of amides is 2. The van der Waals surface area contributed by atoms with E-state index in [0.717, 1.165) is 31.4 Å². The lowest BCUT2D eigenvalue weighted by Gasteiger charge is -2.36. The van der Waals surface area contributed by atoms with Crippen molar-refractivity contribution in [3.63, 3.8) is 0 Å². The number of nitrogens with one attached hydrogen (secondary N) is 2. The summed E-state index contributed by atoms with van der Waals surface area (Å²) >= 11 is 0. The summed E-state index contributed by atoms with van der Waals surface area (Å²) in [4.78, 5) is 18.9. The Labute approximate surface area is 134 Å². The Morgan fingerprint density at radius 1 is 1.57 bits per heavy atom. The smallest absolute Gasteiger partial charge is 0.318 e. The van der Waals surface area contributed by atoms with E-state index in [1.807, 2.05) is 18.0 Å². The molecule has 2 unspecified atom stereocenters. The van der Waals surface area contributed by atoms with Crippen LogP contribution in [-0.2, 0) is 0 Å². The van der Waals surface area contributed by atoms with Crippen molar-refractivity contribution in [1.29, 1.82) is 0 Å². The van der Waals surface area contributed by atoms with Crippen molar-refractivity contribution in [3.8, 4) is 0 Å². The molecule has 2 aromatic rings. The van der Waals surface area contributed by atoms with E-state index >= 15 is 0 Å². The van der Waals surface area contributed by atoms with Gasteiger partial charge in [0.15, 0.2) is 5.82 Å². The van der Waals surface area contributed by atoms with Crippen molar-refractivity contribution in [2.45, 2.75) is 51.6 Å². The number of hydrogen-bond acceptors (Lipinski definition) is 5. The van der Waals surface area contributed by atoms with Crippen LogP contribution in [0, 0.1) is 6.92 Å². The van der Waals surface area contributed by atoms with Crippen molar-refractivity contribution >= 4 is 6.03 Å². The Kier molecular flexibility index (Phi) is 4.59. The maximum Gasteiger partial charge on any atom is 0.318 e. The lowest BCUT2D eigenvalue weighted by molar-refractivity contribution is 0.147. The number of urea groups is 1. The molecule has 1 saturated heterocycles. The number of carbonyl (C=O) groups is 1. The molecule has 2 N–H and O–H groups in total. The number of rotatable bonds is 4. The van der Waals surface area contributed by atoms with Crippen molar-refractivity contribution in [1.82, 2.24) is 30.6 Å². The minimum Gasteiger partial charge on any atom is -0.340 e. The number of aryl methyl sites for hydroxylation is 1. The molecule has 0 aliphatic carbocycles. The van der Waals surface area contributed by atoms with Gasteiger partial charge in [-0.3, -0.25) is 5.10 Å². The molecule has 3 heterocycles. The van der Waals surface area contributed by atoms with E-state index in [-0.39, 0.29) is 18.1 Å². The molecular weight excluding hydrogens is 296 g/mol. The molecule has 3 rings (SSSR count). The molecule has 0 radical (unpaired) electrons. The highest BCUT2D eigenvalue weighted by molar-refractivity contribution is 5.75. The first-order valence-electron chi connectivity index (χ1n) is 8.05. The van der Waals surface area contributed by atoms with Gasteiger partial charge in [0.25, 0.3) is 0 Å². The molecule has 2 amide bonds. The second kappa shape index (κ2) is 6.80. The van der Waals surface area contributed by atoms with Gasteiger partial charge in [-0.15, -0.1) is 0 Å². The van der Waals surface area contributed by atoms with Gasteiger partial charge < -0.3 is 14.7 Å². The van der Waals surface area contributed by atoms with E-state index < -0.39 is 0 Å². The van der Waals surface area contributed by atoms with Crippen LogP contribution in [0.4, 0.5) is 4.79 Å². The Hall–Kier alpha value is -2.38. The zero-order chi connectivity index (χ0) is 16.2. The standard InChI is InChI=1S/C15H22N6O2/c1-3-12(14-18-10(2)23-20-14)19-15(22)21-7-5-4-6-13(21)11-8-16-17-9-11/h8-9,12-13H,3-7H2,1-2H3,(H,16,17)(H,19,22). The van der Waals surface area contributed by atoms with Gasteiger partial charge in [-0.2, -0.15) is 10.1 Å². The average Bonchev–Trinajstić information content (AvgIpc) is 3.24. The number of H-pyrrole nitrogens is 1. The maximum absolute atomic E-state index is 12.8. The zero-order valence-electron chi connectivity index (χ0n) is 13.5. The van der Waals surface area contributed by atoms with E-state index in [1.54, 1.807) is 13.1 Å². The molecule has 0 aromatic carbocycles. The van der Waals surface area contributed by atoms with Crippen LogP contribution in [0.3, 0.4) is 0 Å². The summed E-state index contributed by atoms with van der Waals surface area (Å²) in [7, 11) is 0. The van der Waals surface area contributed by atoms with Crippen LogP contribution in [0.25, 0.3) is 0 Å². The number of hydrogen-bond donors (Lipinski definition) is 2. The molecule has 124 valence electrons. The summed E-state index contributed by atoms with van der Waals surface area (Å²) in [6.45, 7) is 4.47. The first-order chi connectivity index (χ1) is 11.2. The van der Waals surface area contributed by atoms with Crippen molar-refractivity contribution in [3.05, 3.63) is 29.7 Å². The third-order valence-electron chi connectivity index (χ3n) is 4.23. The normalized spacial score (nSPS) is 19.6. The number of carbonyl (C=O) groups excluding carboxylic acids is 1. The van der Waals surface area contributed by atoms with Crippen LogP contribution in [0.5, 0.6) is 0 Å². The van der Waals surface area contributed by atoms with Gasteiger partial charge in [0.1, 0.15) is 0 Å². The first-order valence-corrected chi connectivity index (χ1v) is 8.05. The Bertz CT molecular complexity index is 638. The number of likely N-dealkylation sites (tertiary alicyclic amines) is 1. The quantitative estimate of drug-likeness (QED) is 0.902. The molecule has 23 heavy (non-hydrogen) atoms. The minimum absolute atomic E-state index is 0.0620. The number of aromatic nitrogens is 4. The molecule has 1 fully saturated rings. The molecule has 1 aliphatic rings. The fourth-order valence-electron chi connectivity index (χ4n) is 3.00. The minimum atomic E-state index is -0.244. The molecule has 8 heteroatoms. The van der Waals surface area contributed by atoms with Crippen LogP contribution in [0.15, 0.2) is 16.9 Å². The number of nitrogens with zero attached hydrogens (tertiary/aromatic N) is 4. The monoisotopic (exact) mass is 318 g/mol. The van der Waals surface area contributed by atoms with E-state index in [1.165, 1.54) is 0 Å². The molecule has 2 atom stereocenters. The largest absolute Gasteiger partial charge is 0.340 e. The van der Waals surface area contributed by atoms with E-state index in [9.17, 15) is 4.79 Å². The van der Waals surface area contributed by atoms with Crippen LogP contribution in [-0.4, -0.2) is 37.8 Å². The Morgan fingerprint density at radius 2 is 2.43 bits per heavy atom. The summed E-state index contributed by atoms with van der Waals surface area (Å²) in [6.07, 6.45) is 7.42. The second-order valence-electron chi connectivity index (χ2n) is 5.82. The van der Waals surface area contributed by atoms with Gasteiger partial charge in [-0.25, -0.2) is 4.79 Å². The zero-order valence-corrected chi connectivity index (χ0v) is 13.5. The lowest BCUT2D eigenvalue weighted by atomic mass is 9.98. The van der Waals surface area contributed by atoms with Gasteiger partial charge in [0.05, 0.1) is 18.3 Å². The van der Waals surface area contributed by atoms with E-state index in [0.29, 0.717) is 18.1 Å². The maximum atomic E-state index is 12.8. The highest BCUT2D eigenvalue weighted by Crippen LogP contribution is 2.30. The van der Waals surface area contributed by atoms with Gasteiger partial charge >= 0.3 is 6.03 Å². The fourth-order valence-corrected chi connectivity index (χ4v) is 3.00. The van der Waals surface area contributed by atoms with Crippen molar-refractivity contribution < 1.29 is 9.32 Å². The third-order valence-corrected chi connectivity index (χ3v) is 4.23. The predicted octanol–water partition coefficient (Wildman–Crippen LogP) is 2.49. The average molecular weight is 318 g/mol. The van der Waals surface area contributed by atoms with Gasteiger partial charge in [-0.05, 0) is 25.7 Å². The van der Waals surface area contributed by atoms with E-state index in [2.05, 4.69) is 25.7 Å². The van der Waals surface area contributed by atoms with Crippen LogP contribution >= 0.6 is 0 Å². The molecule has 0 bridgehead atoms. The summed E-state index contributed by atoms with van der Waals surface area (Å²) in [5.74, 6) is 1.03. The topological polar surface area (TPSA) is 99.9 Å². The molecular formula is C15H22N6O2. The number of aromatic amines is 1. The molecule has 0 spiro atoms. The highest BCUT2D eigenvalue weighted by Gasteiger charge is 2.30. The summed E-state index contributed by atoms with van der Waals surface area (Å²) in [5.41, 5.74) is 1.04. The molecule has 2 aromatic heterocycles. The van der Waals surface area contributed by atoms with Gasteiger partial charge in [0.2, 0.25) is 5.89 Å². The van der Waals surface area contributed by atoms with Crippen molar-refractivity contribution in [2.75, 3.05) is 6.54 Å². The fraction of sp³-hybridized carbons (Fsp3) is 0.600. The predicted molar refractivity (Wildman–Crippen MR) is 82.5 cm³/mol. The SMILES string of the molecule is CCC(NC(=O)N1CCCCC1c1cn[nH]c1)c1noc(C)n1. The van der Waals surface area contributed by atoms with Gasteiger partial charge in [0, 0.05) is 25.2 Å². The summed E-state index contributed by atoms with van der Waals surface area (Å²) in [5, 5.41) is 13.8. The van der Waals surface area contributed by atoms with Crippen molar-refractivity contribution in [2.24, 2.45) is 0 Å². The van der Waals surface area contributed by atoms with Crippen LogP contribution < -0.4 is 5.32 Å². The molecule has 1 aliphatic heterocycles. The molecule has 8 nitrogen and oxygen atoms in total. The summed E-state index contributed by atoms with van der Waals surface area (Å²) < 4.78 is 5.02. The number of piperidine rings is 1. The first kappa shape index (κ1) is 15.5. The Balaban J connectivity index is 1.72.